The van der Waals surface area contributed by atoms with Gasteiger partial charge in [0, 0.05) is 38.5 Å². The average Bonchev–Trinajstić information content (AvgIpc) is 3.83. The summed E-state index contributed by atoms with van der Waals surface area (Å²) in [5.41, 5.74) is 11.1. The lowest BCUT2D eigenvalue weighted by molar-refractivity contribution is 0.467. The normalized spacial score (nSPS) is 12.6. The molecule has 4 nitrogen and oxygen atoms in total. The van der Waals surface area contributed by atoms with Crippen molar-refractivity contribution in [2.75, 3.05) is 0 Å². The zero-order chi connectivity index (χ0) is 33.5. The topological polar surface area (TPSA) is 44.7 Å². The molecule has 9 aromatic rings. The standard InChI is InChI=1S/C46H27BO4/c1-3-11-28(12-4-1)42-25-32-23-30(19-21-38(32)48-42)34-27-35(31-20-22-39-33(24-31)26-43(49-39)29-13-5-2-6-14-29)46-44-45(34)50-40-17-9-7-15-36(40)47(44)37-16-8-10-18-41(37)51-46/h1-27H. The van der Waals surface area contributed by atoms with Crippen LogP contribution in [-0.4, -0.2) is 6.71 Å². The molecule has 7 aromatic carbocycles. The van der Waals surface area contributed by atoms with Crippen LogP contribution in [0, 0.1) is 0 Å². The van der Waals surface area contributed by atoms with Crippen LogP contribution < -0.4 is 25.9 Å². The van der Waals surface area contributed by atoms with E-state index in [0.717, 1.165) is 106 Å². The second-order valence-electron chi connectivity index (χ2n) is 13.2. The quantitative estimate of drug-likeness (QED) is 0.177. The number of para-hydroxylation sites is 2. The van der Waals surface area contributed by atoms with E-state index < -0.39 is 0 Å². The summed E-state index contributed by atoms with van der Waals surface area (Å²) >= 11 is 0. The van der Waals surface area contributed by atoms with Gasteiger partial charge in [0.1, 0.15) is 45.7 Å². The third kappa shape index (κ3) is 4.41. The molecule has 5 heteroatoms. The van der Waals surface area contributed by atoms with Crippen LogP contribution in [0.4, 0.5) is 0 Å². The van der Waals surface area contributed by atoms with Crippen molar-refractivity contribution < 1.29 is 18.3 Å². The fraction of sp³-hybridized carbons (Fsp3) is 0. The zero-order valence-corrected chi connectivity index (χ0v) is 27.3. The number of furan rings is 2. The first-order valence-electron chi connectivity index (χ1n) is 17.2. The third-order valence-corrected chi connectivity index (χ3v) is 10.2. The summed E-state index contributed by atoms with van der Waals surface area (Å²) in [6.45, 7) is -0.0618. The molecule has 0 spiro atoms. The highest BCUT2D eigenvalue weighted by Crippen LogP contribution is 2.47. The molecule has 0 aliphatic carbocycles. The Morgan fingerprint density at radius 2 is 0.824 bits per heavy atom. The summed E-state index contributed by atoms with van der Waals surface area (Å²) in [4.78, 5) is 0. The molecule has 11 rings (SSSR count). The number of rotatable bonds is 4. The largest absolute Gasteiger partial charge is 0.458 e. The molecular formula is C46H27BO4. The Balaban J connectivity index is 1.15. The molecule has 0 fully saturated rings. The summed E-state index contributed by atoms with van der Waals surface area (Å²) in [7, 11) is 0. The first-order valence-corrected chi connectivity index (χ1v) is 17.2. The lowest BCUT2D eigenvalue weighted by Crippen LogP contribution is -2.57. The monoisotopic (exact) mass is 654 g/mol. The van der Waals surface area contributed by atoms with Crippen molar-refractivity contribution >= 4 is 45.0 Å². The number of hydrogen-bond donors (Lipinski definition) is 0. The highest BCUT2D eigenvalue weighted by Gasteiger charge is 2.42. The highest BCUT2D eigenvalue weighted by molar-refractivity contribution is 6.98. The molecule has 0 saturated heterocycles. The Kier molecular flexibility index (Phi) is 6.01. The molecule has 0 amide bonds. The van der Waals surface area contributed by atoms with Crippen molar-refractivity contribution in [1.29, 1.82) is 0 Å². The summed E-state index contributed by atoms with van der Waals surface area (Å²) in [6, 6.07) is 56.4. The van der Waals surface area contributed by atoms with Crippen LogP contribution in [0.2, 0.25) is 0 Å². The summed E-state index contributed by atoms with van der Waals surface area (Å²) in [5, 5.41) is 2.06. The SMILES string of the molecule is c1ccc(-c2cc3cc(-c4cc(-c5ccc6oc(-c7ccccc7)cc6c5)c5c6c4Oc4ccccc4B6c4ccccc4O5)ccc3o2)cc1. The van der Waals surface area contributed by atoms with Gasteiger partial charge < -0.3 is 18.3 Å². The minimum Gasteiger partial charge on any atom is -0.458 e. The maximum absolute atomic E-state index is 6.91. The van der Waals surface area contributed by atoms with Crippen molar-refractivity contribution in [3.63, 3.8) is 0 Å². The molecule has 0 bridgehead atoms. The summed E-state index contributed by atoms with van der Waals surface area (Å²) in [5.74, 6) is 5.02. The maximum atomic E-state index is 6.91. The van der Waals surface area contributed by atoms with Gasteiger partial charge in [-0.3, -0.25) is 0 Å². The lowest BCUT2D eigenvalue weighted by atomic mass is 9.34. The molecule has 238 valence electrons. The minimum atomic E-state index is -0.0618. The van der Waals surface area contributed by atoms with Crippen LogP contribution in [0.15, 0.2) is 173 Å². The molecule has 0 unspecified atom stereocenters. The average molecular weight is 655 g/mol. The van der Waals surface area contributed by atoms with Gasteiger partial charge >= 0.3 is 0 Å². The van der Waals surface area contributed by atoms with Crippen molar-refractivity contribution in [1.82, 2.24) is 0 Å². The Hall–Kier alpha value is -6.72. The molecule has 4 heterocycles. The van der Waals surface area contributed by atoms with Crippen molar-refractivity contribution in [2.24, 2.45) is 0 Å². The predicted octanol–water partition coefficient (Wildman–Crippen LogP) is 10.6. The first kappa shape index (κ1) is 28.2. The summed E-state index contributed by atoms with van der Waals surface area (Å²) in [6.07, 6.45) is 0. The van der Waals surface area contributed by atoms with Crippen LogP contribution in [0.25, 0.3) is 66.8 Å². The van der Waals surface area contributed by atoms with E-state index in [9.17, 15) is 0 Å². The Labute approximate surface area is 294 Å². The smallest absolute Gasteiger partial charge is 0.260 e. The molecule has 2 aliphatic rings. The van der Waals surface area contributed by atoms with E-state index in [1.807, 2.05) is 48.5 Å². The summed E-state index contributed by atoms with van der Waals surface area (Å²) < 4.78 is 26.4. The van der Waals surface area contributed by atoms with E-state index in [-0.39, 0.29) is 6.71 Å². The van der Waals surface area contributed by atoms with Gasteiger partial charge in [0.15, 0.2) is 0 Å². The second kappa shape index (κ2) is 10.9. The molecule has 51 heavy (non-hydrogen) atoms. The second-order valence-corrected chi connectivity index (χ2v) is 13.2. The van der Waals surface area contributed by atoms with Gasteiger partial charge in [-0.1, -0.05) is 109 Å². The lowest BCUT2D eigenvalue weighted by Gasteiger charge is -2.35. The van der Waals surface area contributed by atoms with E-state index in [0.29, 0.717) is 0 Å². The molecule has 2 aromatic heterocycles. The van der Waals surface area contributed by atoms with Crippen LogP contribution >= 0.6 is 0 Å². The first-order chi connectivity index (χ1) is 25.2. The van der Waals surface area contributed by atoms with Crippen molar-refractivity contribution in [3.05, 3.63) is 164 Å². The minimum absolute atomic E-state index is 0.0618. The maximum Gasteiger partial charge on any atom is 0.260 e. The Morgan fingerprint density at radius 3 is 1.31 bits per heavy atom. The highest BCUT2D eigenvalue weighted by atomic mass is 16.5. The number of hydrogen-bond acceptors (Lipinski definition) is 4. The Morgan fingerprint density at radius 1 is 0.373 bits per heavy atom. The third-order valence-electron chi connectivity index (χ3n) is 10.2. The van der Waals surface area contributed by atoms with Gasteiger partial charge in [0.05, 0.1) is 0 Å². The van der Waals surface area contributed by atoms with Crippen molar-refractivity contribution in [3.8, 4) is 67.9 Å². The van der Waals surface area contributed by atoms with Gasteiger partial charge in [0.2, 0.25) is 0 Å². The fourth-order valence-corrected chi connectivity index (χ4v) is 7.81. The van der Waals surface area contributed by atoms with Gasteiger partial charge in [-0.05, 0) is 76.6 Å². The molecule has 0 radical (unpaired) electrons. The molecule has 0 N–H and O–H groups in total. The Bertz CT molecular complexity index is 2620. The van der Waals surface area contributed by atoms with E-state index in [1.54, 1.807) is 0 Å². The predicted molar refractivity (Wildman–Crippen MR) is 205 cm³/mol. The van der Waals surface area contributed by atoms with Crippen molar-refractivity contribution in [2.45, 2.75) is 0 Å². The van der Waals surface area contributed by atoms with E-state index in [4.69, 9.17) is 18.3 Å². The van der Waals surface area contributed by atoms with E-state index in [2.05, 4.69) is 115 Å². The van der Waals surface area contributed by atoms with E-state index in [1.165, 1.54) is 0 Å². The molecule has 0 atom stereocenters. The van der Waals surface area contributed by atoms with Gasteiger partial charge in [-0.2, -0.15) is 0 Å². The van der Waals surface area contributed by atoms with Gasteiger partial charge in [-0.25, -0.2) is 0 Å². The van der Waals surface area contributed by atoms with Crippen LogP contribution in [0.1, 0.15) is 0 Å². The van der Waals surface area contributed by atoms with Crippen LogP contribution in [0.5, 0.6) is 23.0 Å². The molecule has 0 saturated carbocycles. The van der Waals surface area contributed by atoms with Crippen LogP contribution in [0.3, 0.4) is 0 Å². The zero-order valence-electron chi connectivity index (χ0n) is 27.3. The molecule has 2 aliphatic heterocycles. The fourth-order valence-electron chi connectivity index (χ4n) is 7.81. The van der Waals surface area contributed by atoms with E-state index >= 15 is 0 Å². The van der Waals surface area contributed by atoms with Gasteiger partial charge in [-0.15, -0.1) is 0 Å². The number of fused-ring (bicyclic) bond motifs is 6. The van der Waals surface area contributed by atoms with Crippen LogP contribution in [-0.2, 0) is 0 Å². The number of benzene rings is 7. The van der Waals surface area contributed by atoms with Gasteiger partial charge in [0.25, 0.3) is 6.71 Å². The number of ether oxygens (including phenoxy) is 2. The molecular weight excluding hydrogens is 627 g/mol.